The maximum atomic E-state index is 12.5. The summed E-state index contributed by atoms with van der Waals surface area (Å²) in [7, 11) is 1.37. The maximum absolute atomic E-state index is 12.5. The van der Waals surface area contributed by atoms with E-state index < -0.39 is 5.41 Å². The number of benzene rings is 1. The molecule has 156 valence electrons. The van der Waals surface area contributed by atoms with Gasteiger partial charge in [-0.2, -0.15) is 0 Å². The first-order chi connectivity index (χ1) is 13.9. The molecule has 1 aromatic carbocycles. The Morgan fingerprint density at radius 2 is 1.72 bits per heavy atom. The van der Waals surface area contributed by atoms with Gasteiger partial charge in [0.05, 0.1) is 13.2 Å². The lowest BCUT2D eigenvalue weighted by Crippen LogP contribution is -2.49. The van der Waals surface area contributed by atoms with Crippen LogP contribution >= 0.6 is 11.6 Å². The molecule has 1 aromatic rings. The highest BCUT2D eigenvalue weighted by Gasteiger charge is 2.31. The van der Waals surface area contributed by atoms with Crippen molar-refractivity contribution in [3.05, 3.63) is 59.2 Å². The van der Waals surface area contributed by atoms with Gasteiger partial charge in [0.1, 0.15) is 12.0 Å². The normalized spacial score (nSPS) is 24.5. The summed E-state index contributed by atoms with van der Waals surface area (Å²) in [5, 5.41) is 0.738. The fraction of sp³-hybridized carbons (Fsp3) is 0.455. The highest BCUT2D eigenvalue weighted by Crippen LogP contribution is 2.27. The number of piperazine rings is 1. The molecule has 0 unspecified atom stereocenters. The third-order valence-corrected chi connectivity index (χ3v) is 5.59. The van der Waals surface area contributed by atoms with E-state index >= 15 is 0 Å². The number of halogens is 1. The second-order valence-electron chi connectivity index (χ2n) is 7.55. The number of carbonyl (C=O) groups excluding carboxylic acids is 2. The van der Waals surface area contributed by atoms with E-state index in [0.717, 1.165) is 24.7 Å². The number of esters is 1. The van der Waals surface area contributed by atoms with Gasteiger partial charge in [-0.25, -0.2) is 0 Å². The Balaban J connectivity index is 1.40. The molecule has 0 atom stereocenters. The topological polar surface area (TPSA) is 59.1 Å². The number of methoxy groups -OCH3 is 1. The smallest absolute Gasteiger partial charge is 0.319 e. The van der Waals surface area contributed by atoms with E-state index in [2.05, 4.69) is 4.90 Å². The van der Waals surface area contributed by atoms with Crippen molar-refractivity contribution in [2.24, 2.45) is 5.41 Å². The maximum Gasteiger partial charge on any atom is 0.319 e. The van der Waals surface area contributed by atoms with Crippen LogP contribution in [0.15, 0.2) is 48.6 Å². The molecule has 0 aromatic heterocycles. The third kappa shape index (κ3) is 5.69. The molecule has 1 heterocycles. The minimum absolute atomic E-state index is 0.0146. The van der Waals surface area contributed by atoms with Gasteiger partial charge in [-0.1, -0.05) is 48.0 Å². The summed E-state index contributed by atoms with van der Waals surface area (Å²) in [5.74, 6) is -0.338. The fourth-order valence-corrected chi connectivity index (χ4v) is 3.56. The molecule has 1 amide bonds. The number of ether oxygens (including phenoxy) is 2. The van der Waals surface area contributed by atoms with Crippen LogP contribution in [0.25, 0.3) is 0 Å². The van der Waals surface area contributed by atoms with Crippen molar-refractivity contribution in [1.82, 2.24) is 9.80 Å². The number of carbonyl (C=O) groups is 2. The molecule has 29 heavy (non-hydrogen) atoms. The van der Waals surface area contributed by atoms with Crippen molar-refractivity contribution in [2.75, 3.05) is 39.9 Å². The van der Waals surface area contributed by atoms with Gasteiger partial charge in [-0.05, 0) is 24.6 Å². The van der Waals surface area contributed by atoms with Crippen LogP contribution in [0.2, 0.25) is 5.02 Å². The SMILES string of the molecule is COC(=O)C1(C)C=CC(OCC(=O)N2CCN(Cc3ccc(Cl)cc3)CC2)C=C1. The van der Waals surface area contributed by atoms with Crippen LogP contribution < -0.4 is 0 Å². The Bertz CT molecular complexity index is 769. The zero-order valence-electron chi connectivity index (χ0n) is 16.8. The zero-order valence-corrected chi connectivity index (χ0v) is 17.6. The molecule has 0 bridgehead atoms. The van der Waals surface area contributed by atoms with Crippen molar-refractivity contribution < 1.29 is 19.1 Å². The van der Waals surface area contributed by atoms with E-state index in [9.17, 15) is 9.59 Å². The largest absolute Gasteiger partial charge is 0.468 e. The first kappa shape index (κ1) is 21.6. The van der Waals surface area contributed by atoms with Gasteiger partial charge in [-0.3, -0.25) is 14.5 Å². The summed E-state index contributed by atoms with van der Waals surface area (Å²) in [5.41, 5.74) is 0.436. The molecule has 0 N–H and O–H groups in total. The van der Waals surface area contributed by atoms with Crippen LogP contribution in [-0.4, -0.2) is 67.7 Å². The van der Waals surface area contributed by atoms with Crippen LogP contribution in [0.4, 0.5) is 0 Å². The van der Waals surface area contributed by atoms with E-state index in [0.29, 0.717) is 13.1 Å². The van der Waals surface area contributed by atoms with Gasteiger partial charge in [-0.15, -0.1) is 0 Å². The lowest BCUT2D eigenvalue weighted by atomic mass is 9.86. The quantitative estimate of drug-likeness (QED) is 0.525. The predicted octanol–water partition coefficient (Wildman–Crippen LogP) is 2.67. The minimum atomic E-state index is -0.779. The Morgan fingerprint density at radius 1 is 1.10 bits per heavy atom. The van der Waals surface area contributed by atoms with Crippen LogP contribution in [0.3, 0.4) is 0 Å². The minimum Gasteiger partial charge on any atom is -0.468 e. The van der Waals surface area contributed by atoms with Crippen molar-refractivity contribution in [3.8, 4) is 0 Å². The Morgan fingerprint density at radius 3 is 2.31 bits per heavy atom. The number of hydrogen-bond donors (Lipinski definition) is 0. The van der Waals surface area contributed by atoms with Gasteiger partial charge < -0.3 is 14.4 Å². The Hall–Kier alpha value is -2.15. The first-order valence-electron chi connectivity index (χ1n) is 9.73. The fourth-order valence-electron chi connectivity index (χ4n) is 3.44. The number of amides is 1. The van der Waals surface area contributed by atoms with Gasteiger partial charge in [0.25, 0.3) is 0 Å². The molecule has 0 spiro atoms. The number of nitrogens with zero attached hydrogens (tertiary/aromatic N) is 2. The van der Waals surface area contributed by atoms with E-state index in [1.165, 1.54) is 12.7 Å². The lowest BCUT2D eigenvalue weighted by Gasteiger charge is -2.35. The molecule has 0 saturated carbocycles. The van der Waals surface area contributed by atoms with Crippen molar-refractivity contribution in [1.29, 1.82) is 0 Å². The molecule has 0 radical (unpaired) electrons. The zero-order chi connectivity index (χ0) is 20.9. The molecule has 1 saturated heterocycles. The molecule has 7 heteroatoms. The first-order valence-corrected chi connectivity index (χ1v) is 10.1. The highest BCUT2D eigenvalue weighted by molar-refractivity contribution is 6.30. The summed E-state index contributed by atoms with van der Waals surface area (Å²) in [6.07, 6.45) is 6.76. The van der Waals surface area contributed by atoms with E-state index in [-0.39, 0.29) is 24.6 Å². The highest BCUT2D eigenvalue weighted by atomic mass is 35.5. The average molecular weight is 419 g/mol. The summed E-state index contributed by atoms with van der Waals surface area (Å²) < 4.78 is 10.5. The standard InChI is InChI=1S/C22H27ClN2O4/c1-22(21(27)28-2)9-7-19(8-10-22)29-16-20(26)25-13-11-24(12-14-25)15-17-3-5-18(23)6-4-17/h3-10,19H,11-16H2,1-2H3. The van der Waals surface area contributed by atoms with Crippen molar-refractivity contribution >= 4 is 23.5 Å². The van der Waals surface area contributed by atoms with Crippen LogP contribution in [0.1, 0.15) is 12.5 Å². The molecule has 1 fully saturated rings. The molecule has 6 nitrogen and oxygen atoms in total. The van der Waals surface area contributed by atoms with Crippen LogP contribution in [0.5, 0.6) is 0 Å². The Kier molecular flexibility index (Phi) is 7.11. The second-order valence-corrected chi connectivity index (χ2v) is 7.99. The summed E-state index contributed by atoms with van der Waals surface area (Å²) >= 11 is 5.93. The van der Waals surface area contributed by atoms with E-state index in [4.69, 9.17) is 21.1 Å². The van der Waals surface area contributed by atoms with Gasteiger partial charge in [0.15, 0.2) is 0 Å². The monoisotopic (exact) mass is 418 g/mol. The van der Waals surface area contributed by atoms with Gasteiger partial charge in [0.2, 0.25) is 5.91 Å². The molecule has 1 aliphatic heterocycles. The molecular weight excluding hydrogens is 392 g/mol. The second kappa shape index (κ2) is 9.57. The summed E-state index contributed by atoms with van der Waals surface area (Å²) in [4.78, 5) is 28.4. The molecular formula is C22H27ClN2O4. The number of rotatable bonds is 6. The van der Waals surface area contributed by atoms with Crippen LogP contribution in [-0.2, 0) is 25.6 Å². The number of hydrogen-bond acceptors (Lipinski definition) is 5. The van der Waals surface area contributed by atoms with E-state index in [1.807, 2.05) is 29.2 Å². The molecule has 1 aliphatic carbocycles. The van der Waals surface area contributed by atoms with Gasteiger partial charge in [0, 0.05) is 37.7 Å². The van der Waals surface area contributed by atoms with Gasteiger partial charge >= 0.3 is 5.97 Å². The van der Waals surface area contributed by atoms with Crippen molar-refractivity contribution in [2.45, 2.75) is 19.6 Å². The van der Waals surface area contributed by atoms with Crippen molar-refractivity contribution in [3.63, 3.8) is 0 Å². The predicted molar refractivity (Wildman–Crippen MR) is 111 cm³/mol. The summed E-state index contributed by atoms with van der Waals surface area (Å²) in [6.45, 7) is 5.68. The Labute approximate surface area is 176 Å². The lowest BCUT2D eigenvalue weighted by molar-refractivity contribution is -0.147. The van der Waals surface area contributed by atoms with Crippen LogP contribution in [0, 0.1) is 5.41 Å². The van der Waals surface area contributed by atoms with E-state index in [1.54, 1.807) is 31.2 Å². The average Bonchev–Trinajstić information content (AvgIpc) is 2.74. The molecule has 2 aliphatic rings. The third-order valence-electron chi connectivity index (χ3n) is 5.33. The molecule has 3 rings (SSSR count). The summed E-state index contributed by atoms with van der Waals surface area (Å²) in [6, 6.07) is 7.86.